The molecule has 1 unspecified atom stereocenters. The van der Waals surface area contributed by atoms with Crippen molar-refractivity contribution in [1.82, 2.24) is 0 Å². The minimum Gasteiger partial charge on any atom is -0.264 e. The van der Waals surface area contributed by atoms with Crippen molar-refractivity contribution >= 4 is 10.4 Å². The molecule has 0 saturated heterocycles. The number of rotatable bonds is 25. The van der Waals surface area contributed by atoms with E-state index in [9.17, 15) is 8.42 Å². The molecule has 0 bridgehead atoms. The van der Waals surface area contributed by atoms with E-state index < -0.39 is 10.4 Å². The molecule has 0 aliphatic carbocycles. The third-order valence-corrected chi connectivity index (χ3v) is 6.82. The molecule has 0 aromatic heterocycles. The number of unbranched alkanes of at least 4 members (excludes halogenated alkanes) is 18. The SMILES string of the molecule is CCCCCCCCCCCCCCC(CCCCCCCCCC)COS(=O)(=O)O. The van der Waals surface area contributed by atoms with Crippen LogP contribution >= 0.6 is 0 Å². The van der Waals surface area contributed by atoms with Gasteiger partial charge in [0.25, 0.3) is 0 Å². The maximum atomic E-state index is 10.9. The minimum absolute atomic E-state index is 0.132. The summed E-state index contributed by atoms with van der Waals surface area (Å²) in [6.07, 6.45) is 28.2. The molecule has 0 amide bonds. The van der Waals surface area contributed by atoms with E-state index in [-0.39, 0.29) is 12.5 Å². The Morgan fingerprint density at radius 3 is 1.13 bits per heavy atom. The Bertz CT molecular complexity index is 450. The van der Waals surface area contributed by atoms with E-state index in [1.54, 1.807) is 0 Å². The maximum Gasteiger partial charge on any atom is 0.397 e. The van der Waals surface area contributed by atoms with Crippen LogP contribution in [0.1, 0.15) is 155 Å². The molecule has 0 spiro atoms. The first-order chi connectivity index (χ1) is 15.0. The third-order valence-electron chi connectivity index (χ3n) is 6.38. The lowest BCUT2D eigenvalue weighted by molar-refractivity contribution is 0.204. The van der Waals surface area contributed by atoms with Gasteiger partial charge in [0.05, 0.1) is 6.61 Å². The molecule has 4 nitrogen and oxygen atoms in total. The van der Waals surface area contributed by atoms with Crippen LogP contribution in [-0.4, -0.2) is 19.6 Å². The van der Waals surface area contributed by atoms with Gasteiger partial charge in [-0.3, -0.25) is 4.55 Å². The van der Waals surface area contributed by atoms with Crippen LogP contribution in [0.4, 0.5) is 0 Å². The smallest absolute Gasteiger partial charge is 0.264 e. The monoisotopic (exact) mass is 462 g/mol. The summed E-state index contributed by atoms with van der Waals surface area (Å²) >= 11 is 0. The van der Waals surface area contributed by atoms with E-state index in [4.69, 9.17) is 8.74 Å². The quantitative estimate of drug-likeness (QED) is 0.108. The molecule has 0 aromatic carbocycles. The lowest BCUT2D eigenvalue weighted by Crippen LogP contribution is -2.14. The number of hydrogen-bond acceptors (Lipinski definition) is 3. The fraction of sp³-hybridized carbons (Fsp3) is 1.00. The molecule has 0 heterocycles. The van der Waals surface area contributed by atoms with Crippen molar-refractivity contribution in [3.8, 4) is 0 Å². The van der Waals surface area contributed by atoms with Crippen LogP contribution in [-0.2, 0) is 14.6 Å². The van der Waals surface area contributed by atoms with Crippen molar-refractivity contribution in [2.45, 2.75) is 155 Å². The summed E-state index contributed by atoms with van der Waals surface area (Å²) in [5.74, 6) is 0.241. The van der Waals surface area contributed by atoms with Crippen molar-refractivity contribution in [3.05, 3.63) is 0 Å². The summed E-state index contributed by atoms with van der Waals surface area (Å²) in [7, 11) is -4.32. The lowest BCUT2D eigenvalue weighted by atomic mass is 9.94. The van der Waals surface area contributed by atoms with Gasteiger partial charge in [-0.05, 0) is 18.8 Å². The van der Waals surface area contributed by atoms with E-state index in [1.807, 2.05) is 0 Å². The van der Waals surface area contributed by atoms with Gasteiger partial charge < -0.3 is 0 Å². The molecule has 0 radical (unpaired) electrons. The molecule has 31 heavy (non-hydrogen) atoms. The van der Waals surface area contributed by atoms with E-state index >= 15 is 0 Å². The van der Waals surface area contributed by atoms with E-state index in [1.165, 1.54) is 116 Å². The fourth-order valence-corrected chi connectivity index (χ4v) is 4.70. The van der Waals surface area contributed by atoms with E-state index in [0.717, 1.165) is 25.7 Å². The summed E-state index contributed by atoms with van der Waals surface area (Å²) in [6.45, 7) is 4.64. The first kappa shape index (κ1) is 30.9. The number of hydrogen-bond donors (Lipinski definition) is 1. The first-order valence-electron chi connectivity index (χ1n) is 13.6. The van der Waals surface area contributed by atoms with Gasteiger partial charge in [0.1, 0.15) is 0 Å². The molecule has 1 atom stereocenters. The summed E-state index contributed by atoms with van der Waals surface area (Å²) in [6, 6.07) is 0. The molecule has 1 N–H and O–H groups in total. The third kappa shape index (κ3) is 26.0. The van der Waals surface area contributed by atoms with Crippen molar-refractivity contribution in [1.29, 1.82) is 0 Å². The minimum atomic E-state index is -4.32. The van der Waals surface area contributed by atoms with Gasteiger partial charge in [-0.2, -0.15) is 8.42 Å². The average Bonchev–Trinajstić information content (AvgIpc) is 2.73. The summed E-state index contributed by atoms with van der Waals surface area (Å²) in [4.78, 5) is 0. The zero-order chi connectivity index (χ0) is 23.0. The summed E-state index contributed by atoms with van der Waals surface area (Å²) in [5.41, 5.74) is 0. The summed E-state index contributed by atoms with van der Waals surface area (Å²) < 4.78 is 35.5. The van der Waals surface area contributed by atoms with Crippen molar-refractivity contribution in [2.24, 2.45) is 5.92 Å². The van der Waals surface area contributed by atoms with Gasteiger partial charge in [0, 0.05) is 0 Å². The highest BCUT2D eigenvalue weighted by atomic mass is 32.3. The molecule has 0 aliphatic heterocycles. The Hall–Kier alpha value is -0.130. The Morgan fingerprint density at radius 2 is 0.839 bits per heavy atom. The van der Waals surface area contributed by atoms with Gasteiger partial charge in [-0.15, -0.1) is 0 Å². The summed E-state index contributed by atoms with van der Waals surface area (Å²) in [5, 5.41) is 0. The van der Waals surface area contributed by atoms with Crippen LogP contribution in [0.15, 0.2) is 0 Å². The van der Waals surface area contributed by atoms with Gasteiger partial charge >= 0.3 is 10.4 Å². The largest absolute Gasteiger partial charge is 0.397 e. The Labute approximate surface area is 195 Å². The van der Waals surface area contributed by atoms with E-state index in [2.05, 4.69) is 13.8 Å². The standard InChI is InChI=1S/C26H54O4S/c1-3-5-7-9-11-13-14-15-16-18-20-22-24-26(25-30-31(27,28)29)23-21-19-17-12-10-8-6-4-2/h26H,3-25H2,1-2H3,(H,27,28,29). The average molecular weight is 463 g/mol. The second-order valence-corrected chi connectivity index (χ2v) is 10.6. The lowest BCUT2D eigenvalue weighted by Gasteiger charge is -2.16. The van der Waals surface area contributed by atoms with Crippen molar-refractivity contribution in [2.75, 3.05) is 6.61 Å². The van der Waals surface area contributed by atoms with Crippen LogP contribution in [0.5, 0.6) is 0 Å². The highest BCUT2D eigenvalue weighted by Crippen LogP contribution is 2.21. The molecule has 188 valence electrons. The normalized spacial score (nSPS) is 13.0. The van der Waals surface area contributed by atoms with Gasteiger partial charge in [-0.1, -0.05) is 142 Å². The fourth-order valence-electron chi connectivity index (χ4n) is 4.33. The van der Waals surface area contributed by atoms with Crippen molar-refractivity contribution < 1.29 is 17.2 Å². The molecule has 0 aromatic rings. The van der Waals surface area contributed by atoms with Gasteiger partial charge in [-0.25, -0.2) is 4.18 Å². The second-order valence-electron chi connectivity index (χ2n) is 9.52. The molecule has 0 aliphatic rings. The maximum absolute atomic E-state index is 10.9. The zero-order valence-corrected chi connectivity index (χ0v) is 21.7. The molecule has 5 heteroatoms. The Balaban J connectivity index is 3.75. The van der Waals surface area contributed by atoms with Crippen LogP contribution in [0.3, 0.4) is 0 Å². The predicted molar refractivity (Wildman–Crippen MR) is 134 cm³/mol. The molecule has 0 saturated carbocycles. The molecule has 0 rings (SSSR count). The van der Waals surface area contributed by atoms with Crippen LogP contribution in [0.2, 0.25) is 0 Å². The zero-order valence-electron chi connectivity index (χ0n) is 20.9. The molecular weight excluding hydrogens is 408 g/mol. The first-order valence-corrected chi connectivity index (χ1v) is 15.0. The second kappa shape index (κ2) is 23.0. The van der Waals surface area contributed by atoms with E-state index in [0.29, 0.717) is 0 Å². The van der Waals surface area contributed by atoms with Gasteiger partial charge in [0.15, 0.2) is 0 Å². The molecule has 0 fully saturated rings. The van der Waals surface area contributed by atoms with Crippen LogP contribution in [0.25, 0.3) is 0 Å². The molecular formula is C26H54O4S. The predicted octanol–water partition coefficient (Wildman–Crippen LogP) is 9.04. The Kier molecular flexibility index (Phi) is 22.9. The van der Waals surface area contributed by atoms with Crippen molar-refractivity contribution in [3.63, 3.8) is 0 Å². The van der Waals surface area contributed by atoms with Crippen LogP contribution in [0, 0.1) is 5.92 Å². The Morgan fingerprint density at radius 1 is 0.548 bits per heavy atom. The highest BCUT2D eigenvalue weighted by molar-refractivity contribution is 7.80. The highest BCUT2D eigenvalue weighted by Gasteiger charge is 2.13. The van der Waals surface area contributed by atoms with Crippen LogP contribution < -0.4 is 0 Å². The topological polar surface area (TPSA) is 63.6 Å². The van der Waals surface area contributed by atoms with Gasteiger partial charge in [0.2, 0.25) is 0 Å².